The summed E-state index contributed by atoms with van der Waals surface area (Å²) in [6.45, 7) is 0. The molecule has 0 spiro atoms. The first-order valence-electron chi connectivity index (χ1n) is 3.55. The second-order valence-corrected chi connectivity index (χ2v) is 3.28. The molecule has 1 fully saturated rings. The maximum atomic E-state index is 5.18. The van der Waals surface area contributed by atoms with Crippen molar-refractivity contribution in [2.24, 2.45) is 0 Å². The summed E-state index contributed by atoms with van der Waals surface area (Å²) in [5, 5.41) is 0.609. The van der Waals surface area contributed by atoms with Gasteiger partial charge in [0.05, 0.1) is 0 Å². The fourth-order valence-corrected chi connectivity index (χ4v) is 1.58. The van der Waals surface area contributed by atoms with Gasteiger partial charge in [-0.3, -0.25) is 0 Å². The predicted molar refractivity (Wildman–Crippen MR) is 38.9 cm³/mol. The third-order valence-corrected chi connectivity index (χ3v) is 2.27. The van der Waals surface area contributed by atoms with Gasteiger partial charge in [0.15, 0.2) is 0 Å². The van der Waals surface area contributed by atoms with Crippen LogP contribution in [0.4, 0.5) is 0 Å². The predicted octanol–water partition coefficient (Wildman–Crippen LogP) is -0.740. The molecule has 9 heavy (non-hydrogen) atoms. The standard InChI is InChI=1S/C7H14S.Li/c8-7-5-3-1-2-4-6-7;/h7-8H,1-6H2;/q;+1/p-1. The van der Waals surface area contributed by atoms with Gasteiger partial charge in [0.25, 0.3) is 0 Å². The maximum absolute atomic E-state index is 5.18. The molecule has 1 aliphatic carbocycles. The van der Waals surface area contributed by atoms with Crippen molar-refractivity contribution in [3.63, 3.8) is 0 Å². The molecule has 48 valence electrons. The molecule has 0 aromatic heterocycles. The van der Waals surface area contributed by atoms with E-state index in [1.165, 1.54) is 38.5 Å². The first-order valence-corrected chi connectivity index (χ1v) is 4.02. The molecule has 0 radical (unpaired) electrons. The normalized spacial score (nSPS) is 22.3. The minimum Gasteiger partial charge on any atom is -0.789 e. The van der Waals surface area contributed by atoms with Crippen molar-refractivity contribution in [1.29, 1.82) is 0 Å². The first kappa shape index (κ1) is 9.95. The van der Waals surface area contributed by atoms with Gasteiger partial charge in [-0.1, -0.05) is 38.5 Å². The van der Waals surface area contributed by atoms with Crippen LogP contribution in [0.5, 0.6) is 0 Å². The molecule has 0 heterocycles. The Kier molecular flexibility index (Phi) is 6.31. The van der Waals surface area contributed by atoms with E-state index in [-0.39, 0.29) is 18.9 Å². The van der Waals surface area contributed by atoms with Crippen LogP contribution in [0.25, 0.3) is 0 Å². The van der Waals surface area contributed by atoms with E-state index >= 15 is 0 Å². The zero-order valence-electron chi connectivity index (χ0n) is 6.23. The van der Waals surface area contributed by atoms with Gasteiger partial charge in [-0.05, 0) is 0 Å². The van der Waals surface area contributed by atoms with Crippen LogP contribution in [0.2, 0.25) is 0 Å². The molecule has 0 unspecified atom stereocenters. The Bertz CT molecular complexity index is 57.9. The summed E-state index contributed by atoms with van der Waals surface area (Å²) in [5.74, 6) is 0. The monoisotopic (exact) mass is 136 g/mol. The third-order valence-electron chi connectivity index (χ3n) is 1.80. The molecule has 1 aliphatic rings. The molecular weight excluding hydrogens is 123 g/mol. The van der Waals surface area contributed by atoms with Crippen LogP contribution in [0, 0.1) is 0 Å². The Morgan fingerprint density at radius 1 is 0.889 bits per heavy atom. The van der Waals surface area contributed by atoms with Crippen molar-refractivity contribution >= 4 is 12.6 Å². The van der Waals surface area contributed by atoms with Crippen molar-refractivity contribution in [2.45, 2.75) is 43.8 Å². The number of hydrogen-bond donors (Lipinski definition) is 0. The summed E-state index contributed by atoms with van der Waals surface area (Å²) < 4.78 is 0. The second-order valence-electron chi connectivity index (χ2n) is 2.61. The van der Waals surface area contributed by atoms with Crippen molar-refractivity contribution in [3.8, 4) is 0 Å². The van der Waals surface area contributed by atoms with Gasteiger partial charge < -0.3 is 12.6 Å². The van der Waals surface area contributed by atoms with Crippen LogP contribution in [-0.2, 0) is 12.6 Å². The molecule has 0 aliphatic heterocycles. The van der Waals surface area contributed by atoms with Crippen LogP contribution in [0.1, 0.15) is 38.5 Å². The van der Waals surface area contributed by atoms with Crippen molar-refractivity contribution in [3.05, 3.63) is 0 Å². The fourth-order valence-electron chi connectivity index (χ4n) is 1.24. The van der Waals surface area contributed by atoms with Crippen LogP contribution < -0.4 is 18.9 Å². The molecular formula is C7H13LiS. The smallest absolute Gasteiger partial charge is 0.789 e. The zero-order chi connectivity index (χ0) is 5.82. The summed E-state index contributed by atoms with van der Waals surface area (Å²) in [5.41, 5.74) is 0. The fraction of sp³-hybridized carbons (Fsp3) is 1.00. The average molecular weight is 136 g/mol. The van der Waals surface area contributed by atoms with Crippen molar-refractivity contribution in [2.75, 3.05) is 0 Å². The SMILES string of the molecule is [Li+].[S-]C1CCCCCC1. The first-order chi connectivity index (χ1) is 3.89. The molecule has 0 N–H and O–H groups in total. The molecule has 1 saturated carbocycles. The average Bonchev–Trinajstić information content (AvgIpc) is 1.94. The summed E-state index contributed by atoms with van der Waals surface area (Å²) in [6, 6.07) is 0. The van der Waals surface area contributed by atoms with E-state index < -0.39 is 0 Å². The van der Waals surface area contributed by atoms with Gasteiger partial charge in [0.1, 0.15) is 0 Å². The van der Waals surface area contributed by atoms with Crippen molar-refractivity contribution < 1.29 is 18.9 Å². The molecule has 0 saturated heterocycles. The maximum Gasteiger partial charge on any atom is 1.00 e. The Labute approximate surface area is 75.4 Å². The topological polar surface area (TPSA) is 0 Å². The number of hydrogen-bond acceptors (Lipinski definition) is 1. The van der Waals surface area contributed by atoms with E-state index in [9.17, 15) is 0 Å². The van der Waals surface area contributed by atoms with Crippen LogP contribution in [0.3, 0.4) is 0 Å². The summed E-state index contributed by atoms with van der Waals surface area (Å²) in [4.78, 5) is 0. The van der Waals surface area contributed by atoms with E-state index in [4.69, 9.17) is 12.6 Å². The number of rotatable bonds is 0. The summed E-state index contributed by atoms with van der Waals surface area (Å²) >= 11 is 5.18. The summed E-state index contributed by atoms with van der Waals surface area (Å²) in [6.07, 6.45) is 8.22. The van der Waals surface area contributed by atoms with Gasteiger partial charge >= 0.3 is 18.9 Å². The molecule has 2 heteroatoms. The largest absolute Gasteiger partial charge is 1.00 e. The third kappa shape index (κ3) is 4.36. The molecule has 0 nitrogen and oxygen atoms in total. The van der Waals surface area contributed by atoms with Crippen LogP contribution in [-0.4, -0.2) is 5.25 Å². The van der Waals surface area contributed by atoms with E-state index in [1.807, 2.05) is 0 Å². The molecule has 1 rings (SSSR count). The van der Waals surface area contributed by atoms with Gasteiger partial charge in [-0.15, -0.1) is 0 Å². The van der Waals surface area contributed by atoms with Gasteiger partial charge in [0, 0.05) is 0 Å². The molecule has 0 aromatic carbocycles. The minimum absolute atomic E-state index is 0. The molecule has 0 aromatic rings. The van der Waals surface area contributed by atoms with E-state index in [0.717, 1.165) is 0 Å². The molecule has 0 bridgehead atoms. The van der Waals surface area contributed by atoms with E-state index in [1.54, 1.807) is 0 Å². The van der Waals surface area contributed by atoms with Crippen LogP contribution in [0.15, 0.2) is 0 Å². The van der Waals surface area contributed by atoms with Gasteiger partial charge in [0.2, 0.25) is 0 Å². The second kappa shape index (κ2) is 5.71. The van der Waals surface area contributed by atoms with Gasteiger partial charge in [-0.2, -0.15) is 5.25 Å². The summed E-state index contributed by atoms with van der Waals surface area (Å²) in [7, 11) is 0. The Hall–Kier alpha value is 0.947. The molecule has 0 atom stereocenters. The Morgan fingerprint density at radius 2 is 1.33 bits per heavy atom. The molecule has 0 amide bonds. The minimum atomic E-state index is 0. The van der Waals surface area contributed by atoms with E-state index in [0.29, 0.717) is 5.25 Å². The zero-order valence-corrected chi connectivity index (χ0v) is 7.04. The quantitative estimate of drug-likeness (QED) is 0.240. The van der Waals surface area contributed by atoms with Crippen molar-refractivity contribution in [1.82, 2.24) is 0 Å². The Balaban J connectivity index is 0.000000640. The van der Waals surface area contributed by atoms with Crippen LogP contribution >= 0.6 is 0 Å². The Morgan fingerprint density at radius 3 is 1.78 bits per heavy atom. The van der Waals surface area contributed by atoms with Gasteiger partial charge in [-0.25, -0.2) is 0 Å². The van der Waals surface area contributed by atoms with E-state index in [2.05, 4.69) is 0 Å².